The van der Waals surface area contributed by atoms with Crippen molar-refractivity contribution in [3.63, 3.8) is 0 Å². The zero-order chi connectivity index (χ0) is 12.1. The van der Waals surface area contributed by atoms with E-state index in [1.807, 2.05) is 17.9 Å². The summed E-state index contributed by atoms with van der Waals surface area (Å²) < 4.78 is 1.86. The van der Waals surface area contributed by atoms with Crippen molar-refractivity contribution < 1.29 is 0 Å². The summed E-state index contributed by atoms with van der Waals surface area (Å²) >= 11 is 0. The fraction of sp³-hybridized carbons (Fsp3) is 0.750. The van der Waals surface area contributed by atoms with Crippen LogP contribution >= 0.6 is 0 Å². The molecule has 0 saturated carbocycles. The molecule has 0 spiro atoms. The molecule has 92 valence electrons. The minimum atomic E-state index is 0.413. The second-order valence-electron chi connectivity index (χ2n) is 4.63. The second kappa shape index (κ2) is 6.01. The van der Waals surface area contributed by atoms with Gasteiger partial charge in [0, 0.05) is 37.4 Å². The van der Waals surface area contributed by atoms with E-state index in [2.05, 4.69) is 49.5 Å². The topological polar surface area (TPSA) is 33.1 Å². The van der Waals surface area contributed by atoms with Gasteiger partial charge in [0.05, 0.1) is 6.20 Å². The van der Waals surface area contributed by atoms with E-state index in [0.717, 1.165) is 13.0 Å². The average molecular weight is 224 g/mol. The summed E-state index contributed by atoms with van der Waals surface area (Å²) in [6.45, 7) is 5.42. The van der Waals surface area contributed by atoms with Gasteiger partial charge in [0.1, 0.15) is 0 Å². The van der Waals surface area contributed by atoms with Crippen molar-refractivity contribution in [1.82, 2.24) is 20.0 Å². The highest BCUT2D eigenvalue weighted by Gasteiger charge is 2.12. The quantitative estimate of drug-likeness (QED) is 0.793. The highest BCUT2D eigenvalue weighted by atomic mass is 15.2. The minimum Gasteiger partial charge on any atom is -0.308 e. The van der Waals surface area contributed by atoms with Crippen molar-refractivity contribution in [3.8, 4) is 0 Å². The lowest BCUT2D eigenvalue weighted by Crippen LogP contribution is -2.36. The molecule has 0 aliphatic rings. The third kappa shape index (κ3) is 3.61. The largest absolute Gasteiger partial charge is 0.308 e. The Morgan fingerprint density at radius 3 is 2.62 bits per heavy atom. The molecular weight excluding hydrogens is 200 g/mol. The van der Waals surface area contributed by atoms with E-state index in [-0.39, 0.29) is 0 Å². The highest BCUT2D eigenvalue weighted by Crippen LogP contribution is 2.15. The molecule has 4 heteroatoms. The Morgan fingerprint density at radius 2 is 2.19 bits per heavy atom. The fourth-order valence-corrected chi connectivity index (χ4v) is 1.61. The first-order valence-electron chi connectivity index (χ1n) is 5.93. The van der Waals surface area contributed by atoms with Crippen LogP contribution in [0.15, 0.2) is 12.4 Å². The van der Waals surface area contributed by atoms with Gasteiger partial charge < -0.3 is 10.2 Å². The van der Waals surface area contributed by atoms with Crippen LogP contribution < -0.4 is 5.32 Å². The number of nitrogens with one attached hydrogen (secondary N) is 1. The van der Waals surface area contributed by atoms with Crippen LogP contribution in [0.3, 0.4) is 0 Å². The van der Waals surface area contributed by atoms with Crippen molar-refractivity contribution in [2.75, 3.05) is 20.6 Å². The molecule has 0 aliphatic carbocycles. The molecule has 1 N–H and O–H groups in total. The lowest BCUT2D eigenvalue weighted by Gasteiger charge is -2.23. The zero-order valence-electron chi connectivity index (χ0n) is 11.1. The molecule has 0 fully saturated rings. The minimum absolute atomic E-state index is 0.413. The van der Waals surface area contributed by atoms with Crippen molar-refractivity contribution >= 4 is 0 Å². The lowest BCUT2D eigenvalue weighted by atomic mass is 10.1. The first-order valence-corrected chi connectivity index (χ1v) is 5.93. The van der Waals surface area contributed by atoms with Gasteiger partial charge in [-0.2, -0.15) is 5.10 Å². The van der Waals surface area contributed by atoms with Gasteiger partial charge in [0.25, 0.3) is 0 Å². The van der Waals surface area contributed by atoms with Gasteiger partial charge in [-0.3, -0.25) is 4.68 Å². The van der Waals surface area contributed by atoms with Crippen molar-refractivity contribution in [2.24, 2.45) is 7.05 Å². The number of rotatable bonds is 6. The van der Waals surface area contributed by atoms with Crippen LogP contribution in [0.4, 0.5) is 0 Å². The van der Waals surface area contributed by atoms with Gasteiger partial charge >= 0.3 is 0 Å². The van der Waals surface area contributed by atoms with Gasteiger partial charge in [-0.25, -0.2) is 0 Å². The zero-order valence-corrected chi connectivity index (χ0v) is 11.1. The van der Waals surface area contributed by atoms with E-state index in [4.69, 9.17) is 0 Å². The van der Waals surface area contributed by atoms with Crippen LogP contribution in [0.2, 0.25) is 0 Å². The highest BCUT2D eigenvalue weighted by molar-refractivity contribution is 5.09. The van der Waals surface area contributed by atoms with Crippen molar-refractivity contribution in [2.45, 2.75) is 32.4 Å². The maximum atomic E-state index is 4.21. The van der Waals surface area contributed by atoms with Crippen LogP contribution in [0, 0.1) is 0 Å². The first-order chi connectivity index (χ1) is 7.54. The monoisotopic (exact) mass is 224 g/mol. The SMILES string of the molecule is CCC(NCC(C)N(C)C)c1cnn(C)c1. The molecule has 4 nitrogen and oxygen atoms in total. The number of aryl methyl sites for hydroxylation is 1. The molecule has 1 heterocycles. The van der Waals surface area contributed by atoms with E-state index >= 15 is 0 Å². The summed E-state index contributed by atoms with van der Waals surface area (Å²) in [6.07, 6.45) is 5.12. The molecule has 16 heavy (non-hydrogen) atoms. The summed E-state index contributed by atoms with van der Waals surface area (Å²) in [5.74, 6) is 0. The molecule has 0 bridgehead atoms. The summed E-state index contributed by atoms with van der Waals surface area (Å²) in [5, 5.41) is 7.80. The van der Waals surface area contributed by atoms with E-state index in [9.17, 15) is 0 Å². The molecule has 0 radical (unpaired) electrons. The Balaban J connectivity index is 2.50. The van der Waals surface area contributed by atoms with E-state index in [0.29, 0.717) is 12.1 Å². The van der Waals surface area contributed by atoms with Crippen molar-refractivity contribution in [1.29, 1.82) is 0 Å². The van der Waals surface area contributed by atoms with Gasteiger partial charge in [-0.05, 0) is 27.4 Å². The Bertz CT molecular complexity index is 306. The summed E-state index contributed by atoms with van der Waals surface area (Å²) in [6, 6.07) is 0.960. The summed E-state index contributed by atoms with van der Waals surface area (Å²) in [4.78, 5) is 2.23. The fourth-order valence-electron chi connectivity index (χ4n) is 1.61. The standard InChI is InChI=1S/C12H24N4/c1-6-12(11-8-14-16(5)9-11)13-7-10(2)15(3)4/h8-10,12-13H,6-7H2,1-5H3. The third-order valence-corrected chi connectivity index (χ3v) is 3.08. The normalized spacial score (nSPS) is 15.4. The number of nitrogens with zero attached hydrogens (tertiary/aromatic N) is 3. The number of hydrogen-bond acceptors (Lipinski definition) is 3. The van der Waals surface area contributed by atoms with E-state index in [1.54, 1.807) is 0 Å². The number of aromatic nitrogens is 2. The number of hydrogen-bond donors (Lipinski definition) is 1. The first kappa shape index (κ1) is 13.2. The molecule has 0 amide bonds. The molecular formula is C12H24N4. The van der Waals surface area contributed by atoms with Crippen LogP contribution in [0.1, 0.15) is 31.9 Å². The van der Waals surface area contributed by atoms with Crippen LogP contribution in [0.5, 0.6) is 0 Å². The predicted molar refractivity (Wildman–Crippen MR) is 67.4 cm³/mol. The number of likely N-dealkylation sites (N-methyl/N-ethyl adjacent to an activating group) is 1. The van der Waals surface area contributed by atoms with E-state index < -0.39 is 0 Å². The molecule has 2 atom stereocenters. The molecule has 1 aromatic heterocycles. The Morgan fingerprint density at radius 1 is 1.50 bits per heavy atom. The summed E-state index contributed by atoms with van der Waals surface area (Å²) in [5.41, 5.74) is 1.27. The molecule has 1 aromatic rings. The maximum Gasteiger partial charge on any atom is 0.0537 e. The average Bonchev–Trinajstić information content (AvgIpc) is 2.65. The maximum absolute atomic E-state index is 4.21. The van der Waals surface area contributed by atoms with Crippen LogP contribution in [-0.4, -0.2) is 41.4 Å². The predicted octanol–water partition coefficient (Wildman–Crippen LogP) is 1.41. The molecule has 1 rings (SSSR count). The summed E-state index contributed by atoms with van der Waals surface area (Å²) in [7, 11) is 6.17. The lowest BCUT2D eigenvalue weighted by molar-refractivity contribution is 0.292. The Labute approximate surface area is 98.6 Å². The van der Waals surface area contributed by atoms with Crippen LogP contribution in [0.25, 0.3) is 0 Å². The van der Waals surface area contributed by atoms with Gasteiger partial charge in [-0.15, -0.1) is 0 Å². The van der Waals surface area contributed by atoms with Gasteiger partial charge in [-0.1, -0.05) is 6.92 Å². The molecule has 0 aromatic carbocycles. The van der Waals surface area contributed by atoms with Crippen LogP contribution in [-0.2, 0) is 7.05 Å². The second-order valence-corrected chi connectivity index (χ2v) is 4.63. The smallest absolute Gasteiger partial charge is 0.0537 e. The third-order valence-electron chi connectivity index (χ3n) is 3.08. The Kier molecular flexibility index (Phi) is 4.96. The molecule has 2 unspecified atom stereocenters. The molecule has 0 aliphatic heterocycles. The van der Waals surface area contributed by atoms with E-state index in [1.165, 1.54) is 5.56 Å². The Hall–Kier alpha value is -0.870. The van der Waals surface area contributed by atoms with Gasteiger partial charge in [0.15, 0.2) is 0 Å². The van der Waals surface area contributed by atoms with Crippen molar-refractivity contribution in [3.05, 3.63) is 18.0 Å². The van der Waals surface area contributed by atoms with Gasteiger partial charge in [0.2, 0.25) is 0 Å². The molecule has 0 saturated heterocycles.